The van der Waals surface area contributed by atoms with Crippen molar-refractivity contribution in [2.45, 2.75) is 18.0 Å². The van der Waals surface area contributed by atoms with Crippen LogP contribution in [-0.2, 0) is 20.9 Å². The minimum absolute atomic E-state index is 0.144. The van der Waals surface area contributed by atoms with Crippen molar-refractivity contribution in [3.63, 3.8) is 0 Å². The van der Waals surface area contributed by atoms with Crippen molar-refractivity contribution in [3.05, 3.63) is 41.1 Å². The molecule has 2 N–H and O–H groups in total. The largest absolute Gasteiger partial charge is 0.497 e. The molecule has 0 radical (unpaired) electrons. The number of carbonyl (C=O) groups is 2. The van der Waals surface area contributed by atoms with E-state index < -0.39 is 12.0 Å². The number of fused-ring (bicyclic) bond motifs is 1. The van der Waals surface area contributed by atoms with Crippen LogP contribution >= 0.6 is 23.5 Å². The van der Waals surface area contributed by atoms with Crippen LogP contribution in [-0.4, -0.2) is 53.1 Å². The molecule has 1 aromatic rings. The second-order valence-corrected chi connectivity index (χ2v) is 7.72. The van der Waals surface area contributed by atoms with E-state index in [1.807, 2.05) is 30.5 Å². The Labute approximate surface area is 155 Å². The Balaban J connectivity index is 1.74. The molecule has 1 amide bonds. The van der Waals surface area contributed by atoms with E-state index in [2.05, 4.69) is 0 Å². The van der Waals surface area contributed by atoms with Crippen LogP contribution in [0.4, 0.5) is 0 Å². The molecule has 6 nitrogen and oxygen atoms in total. The highest BCUT2D eigenvalue weighted by molar-refractivity contribution is 8.00. The first kappa shape index (κ1) is 18.2. The van der Waals surface area contributed by atoms with E-state index in [0.29, 0.717) is 17.2 Å². The Morgan fingerprint density at radius 3 is 2.76 bits per heavy atom. The smallest absolute Gasteiger partial charge is 0.355 e. The van der Waals surface area contributed by atoms with Crippen LogP contribution in [0.1, 0.15) is 5.56 Å². The Bertz CT molecular complexity index is 705. The highest BCUT2D eigenvalue weighted by atomic mass is 32.2. The third-order valence-corrected chi connectivity index (χ3v) is 6.13. The van der Waals surface area contributed by atoms with Gasteiger partial charge in [0.05, 0.1) is 7.11 Å². The van der Waals surface area contributed by atoms with Gasteiger partial charge in [0.1, 0.15) is 29.5 Å². The van der Waals surface area contributed by atoms with E-state index in [9.17, 15) is 9.59 Å². The van der Waals surface area contributed by atoms with Gasteiger partial charge in [0.25, 0.3) is 0 Å². The molecule has 2 atom stereocenters. The van der Waals surface area contributed by atoms with E-state index in [1.54, 1.807) is 30.6 Å². The van der Waals surface area contributed by atoms with Crippen molar-refractivity contribution >= 4 is 35.4 Å². The highest BCUT2D eigenvalue weighted by Crippen LogP contribution is 2.40. The van der Waals surface area contributed by atoms with Crippen LogP contribution in [0.2, 0.25) is 0 Å². The van der Waals surface area contributed by atoms with Crippen molar-refractivity contribution in [2.24, 2.45) is 5.73 Å². The average Bonchev–Trinajstić information content (AvgIpc) is 2.65. The zero-order valence-corrected chi connectivity index (χ0v) is 15.7. The van der Waals surface area contributed by atoms with Crippen molar-refractivity contribution < 1.29 is 19.1 Å². The summed E-state index contributed by atoms with van der Waals surface area (Å²) >= 11 is 3.21. The number of ether oxygens (including phenoxy) is 2. The summed E-state index contributed by atoms with van der Waals surface area (Å²) in [5.74, 6) is 1.44. The predicted octanol–water partition coefficient (Wildman–Crippen LogP) is 1.60. The zero-order valence-electron chi connectivity index (χ0n) is 14.1. The van der Waals surface area contributed by atoms with Gasteiger partial charge >= 0.3 is 5.97 Å². The third kappa shape index (κ3) is 3.51. The van der Waals surface area contributed by atoms with Gasteiger partial charge in [-0.15, -0.1) is 11.8 Å². The Hall–Kier alpha value is -1.64. The Kier molecular flexibility index (Phi) is 5.61. The molecule has 2 aliphatic heterocycles. The molecule has 1 fully saturated rings. The molecule has 1 aromatic carbocycles. The molecule has 2 aliphatic rings. The molecule has 134 valence electrons. The lowest BCUT2D eigenvalue weighted by atomic mass is 10.0. The fourth-order valence-electron chi connectivity index (χ4n) is 2.79. The van der Waals surface area contributed by atoms with Crippen LogP contribution in [0.25, 0.3) is 0 Å². The lowest BCUT2D eigenvalue weighted by Crippen LogP contribution is -2.68. The molecule has 8 heteroatoms. The fraction of sp³-hybridized carbons (Fsp3) is 0.412. The molecule has 0 saturated carbocycles. The van der Waals surface area contributed by atoms with Gasteiger partial charge in [-0.3, -0.25) is 9.69 Å². The van der Waals surface area contributed by atoms with Crippen LogP contribution in [0, 0.1) is 0 Å². The molecule has 0 spiro atoms. The van der Waals surface area contributed by atoms with Gasteiger partial charge < -0.3 is 15.2 Å². The summed E-state index contributed by atoms with van der Waals surface area (Å²) in [6.07, 6.45) is 1.97. The summed E-state index contributed by atoms with van der Waals surface area (Å²) in [6, 6.07) is 6.77. The van der Waals surface area contributed by atoms with Gasteiger partial charge in [-0.1, -0.05) is 12.1 Å². The minimum atomic E-state index is -0.537. The number of nitrogens with two attached hydrogens (primary N) is 1. The number of methoxy groups -OCH3 is 1. The molecule has 0 aliphatic carbocycles. The summed E-state index contributed by atoms with van der Waals surface area (Å²) in [7, 11) is 1.60. The number of amides is 1. The van der Waals surface area contributed by atoms with Gasteiger partial charge in [0, 0.05) is 11.5 Å². The van der Waals surface area contributed by atoms with Crippen LogP contribution in [0.5, 0.6) is 5.75 Å². The van der Waals surface area contributed by atoms with E-state index in [-0.39, 0.29) is 17.9 Å². The predicted molar refractivity (Wildman–Crippen MR) is 99.3 cm³/mol. The highest BCUT2D eigenvalue weighted by Gasteiger charge is 2.51. The summed E-state index contributed by atoms with van der Waals surface area (Å²) in [5.41, 5.74) is 8.00. The van der Waals surface area contributed by atoms with Gasteiger partial charge in [0.15, 0.2) is 0 Å². The number of nitrogens with zero attached hydrogens (tertiary/aromatic N) is 1. The molecule has 25 heavy (non-hydrogen) atoms. The number of rotatable bonds is 6. The van der Waals surface area contributed by atoms with E-state index >= 15 is 0 Å². The molecular formula is C17H20N2O4S2. The molecule has 1 saturated heterocycles. The molecule has 2 heterocycles. The summed E-state index contributed by atoms with van der Waals surface area (Å²) < 4.78 is 10.6. The second kappa shape index (κ2) is 7.72. The number of β-lactam (4-membered cyclic amide) rings is 1. The monoisotopic (exact) mass is 380 g/mol. The SMILES string of the molecule is COc1ccc(COC(=O)C2=C(CSC)CS[C@@H]3C(N)C(=O)N23)cc1. The van der Waals surface area contributed by atoms with Crippen molar-refractivity contribution in [1.29, 1.82) is 0 Å². The van der Waals surface area contributed by atoms with Crippen LogP contribution < -0.4 is 10.5 Å². The second-order valence-electron chi connectivity index (χ2n) is 5.74. The topological polar surface area (TPSA) is 81.9 Å². The minimum Gasteiger partial charge on any atom is -0.497 e. The normalized spacial score (nSPS) is 22.4. The summed E-state index contributed by atoms with van der Waals surface area (Å²) in [5, 5.41) is -0.165. The van der Waals surface area contributed by atoms with Gasteiger partial charge in [0.2, 0.25) is 5.91 Å². The third-order valence-electron chi connectivity index (χ3n) is 4.13. The summed E-state index contributed by atoms with van der Waals surface area (Å²) in [4.78, 5) is 26.3. The van der Waals surface area contributed by atoms with Crippen molar-refractivity contribution in [1.82, 2.24) is 4.90 Å². The van der Waals surface area contributed by atoms with E-state index in [1.165, 1.54) is 4.90 Å². The van der Waals surface area contributed by atoms with E-state index in [4.69, 9.17) is 15.2 Å². The van der Waals surface area contributed by atoms with Gasteiger partial charge in [-0.25, -0.2) is 4.79 Å². The maximum Gasteiger partial charge on any atom is 0.355 e. The number of benzene rings is 1. The van der Waals surface area contributed by atoms with Crippen LogP contribution in [0.3, 0.4) is 0 Å². The molecule has 0 aromatic heterocycles. The average molecular weight is 380 g/mol. The number of hydrogen-bond donors (Lipinski definition) is 1. The van der Waals surface area contributed by atoms with Crippen molar-refractivity contribution in [2.75, 3.05) is 24.9 Å². The molecule has 1 unspecified atom stereocenters. The summed E-state index contributed by atoms with van der Waals surface area (Å²) in [6.45, 7) is 0.144. The van der Waals surface area contributed by atoms with E-state index in [0.717, 1.165) is 16.9 Å². The first-order valence-electron chi connectivity index (χ1n) is 7.78. The fourth-order valence-corrected chi connectivity index (χ4v) is 4.80. The Morgan fingerprint density at radius 1 is 1.40 bits per heavy atom. The zero-order chi connectivity index (χ0) is 18.0. The molecular weight excluding hydrogens is 360 g/mol. The number of carbonyl (C=O) groups excluding carboxylic acids is 2. The quantitative estimate of drug-likeness (QED) is 0.593. The standard InChI is InChI=1S/C17H20N2O4S2/c1-22-12-5-3-10(4-6-12)7-23-17(21)14-11(8-24-2)9-25-16-13(18)15(20)19(14)16/h3-6,13,16H,7-9,18H2,1-2H3/t13?,16-/m1/s1. The van der Waals surface area contributed by atoms with Crippen LogP contribution in [0.15, 0.2) is 35.5 Å². The number of hydrogen-bond acceptors (Lipinski definition) is 7. The molecule has 3 rings (SSSR count). The maximum absolute atomic E-state index is 12.7. The number of esters is 1. The Morgan fingerprint density at radius 2 is 2.12 bits per heavy atom. The van der Waals surface area contributed by atoms with Gasteiger partial charge in [-0.2, -0.15) is 11.8 Å². The number of thioether (sulfide) groups is 2. The first-order valence-corrected chi connectivity index (χ1v) is 10.2. The lowest BCUT2D eigenvalue weighted by molar-refractivity contribution is -0.151. The maximum atomic E-state index is 12.7. The van der Waals surface area contributed by atoms with Crippen molar-refractivity contribution in [3.8, 4) is 5.75 Å². The molecule has 0 bridgehead atoms. The van der Waals surface area contributed by atoms with Gasteiger partial charge in [-0.05, 0) is 29.5 Å². The first-order chi connectivity index (χ1) is 12.1. The lowest BCUT2D eigenvalue weighted by Gasteiger charge is -2.48.